The number of phosphoric acid groups is 1. The van der Waals surface area contributed by atoms with Gasteiger partial charge in [0.05, 0.1) is 5.88 Å². The van der Waals surface area contributed by atoms with Crippen LogP contribution in [0, 0.1) is 0 Å². The highest BCUT2D eigenvalue weighted by Crippen LogP contribution is 2.38. The van der Waals surface area contributed by atoms with E-state index in [1.165, 1.54) is 0 Å². The summed E-state index contributed by atoms with van der Waals surface area (Å²) < 4.78 is 13.9. The Balaban J connectivity index is 3.75. The lowest BCUT2D eigenvalue weighted by Crippen LogP contribution is -1.88. The average molecular weight is 173 g/mol. The molecule has 0 saturated carbocycles. The molecule has 0 aromatic rings. The van der Waals surface area contributed by atoms with E-state index in [2.05, 4.69) is 11.1 Å². The highest BCUT2D eigenvalue weighted by atomic mass is 35.5. The molecular weight excluding hydrogens is 166 g/mol. The van der Waals surface area contributed by atoms with Gasteiger partial charge in [-0.15, -0.1) is 11.6 Å². The van der Waals surface area contributed by atoms with E-state index in [1.807, 2.05) is 0 Å². The van der Waals surface area contributed by atoms with Crippen molar-refractivity contribution in [1.29, 1.82) is 0 Å². The molecule has 0 aromatic heterocycles. The predicted octanol–water partition coefficient (Wildman–Crippen LogP) is 0.848. The van der Waals surface area contributed by atoms with Gasteiger partial charge in [0.15, 0.2) is 0 Å². The van der Waals surface area contributed by atoms with Crippen molar-refractivity contribution in [3.8, 4) is 0 Å². The van der Waals surface area contributed by atoms with Crippen LogP contribution < -0.4 is 0 Å². The topological polar surface area (TPSA) is 66.8 Å². The minimum absolute atomic E-state index is 0.120. The summed E-state index contributed by atoms with van der Waals surface area (Å²) >= 11 is 5.09. The van der Waals surface area contributed by atoms with Crippen LogP contribution in [0.5, 0.6) is 0 Å². The maximum Gasteiger partial charge on any atom is 0.524 e. The highest BCUT2D eigenvalue weighted by molar-refractivity contribution is 7.46. The summed E-state index contributed by atoms with van der Waals surface area (Å²) in [6, 6.07) is 0. The van der Waals surface area contributed by atoms with Crippen molar-refractivity contribution in [1.82, 2.24) is 0 Å². The maximum absolute atomic E-state index is 9.95. The van der Waals surface area contributed by atoms with E-state index in [0.29, 0.717) is 0 Å². The fourth-order valence-corrected chi connectivity index (χ4v) is 0.724. The smallest absolute Gasteiger partial charge is 0.408 e. The summed E-state index contributed by atoms with van der Waals surface area (Å²) in [6.45, 7) is 3.11. The molecule has 0 rings (SSSR count). The van der Waals surface area contributed by atoms with Crippen molar-refractivity contribution in [2.45, 2.75) is 0 Å². The molecule has 6 heteroatoms. The summed E-state index contributed by atoms with van der Waals surface area (Å²) in [7, 11) is -4.42. The monoisotopic (exact) mass is 172 g/mol. The van der Waals surface area contributed by atoms with Gasteiger partial charge in [-0.05, 0) is 0 Å². The average Bonchev–Trinajstić information content (AvgIpc) is 1.62. The lowest BCUT2D eigenvalue weighted by molar-refractivity contribution is 0.244. The molecule has 0 atom stereocenters. The Bertz CT molecular complexity index is 150. The fourth-order valence-electron chi connectivity index (χ4n) is 0.193. The maximum atomic E-state index is 9.95. The van der Waals surface area contributed by atoms with Gasteiger partial charge in [0.2, 0.25) is 0 Å². The van der Waals surface area contributed by atoms with E-state index in [1.54, 1.807) is 0 Å². The second-order valence-electron chi connectivity index (χ2n) is 1.25. The minimum atomic E-state index is -4.42. The Kier molecular flexibility index (Phi) is 3.22. The molecule has 54 valence electrons. The zero-order valence-corrected chi connectivity index (χ0v) is 6.10. The molecule has 0 heterocycles. The Morgan fingerprint density at radius 2 is 2.22 bits per heavy atom. The normalized spacial score (nSPS) is 11.0. The molecule has 0 aliphatic heterocycles. The SMILES string of the molecule is C=C(CCl)OP(=O)(O)O. The second-order valence-corrected chi connectivity index (χ2v) is 2.69. The number of hydrogen-bond donors (Lipinski definition) is 2. The Morgan fingerprint density at radius 1 is 1.78 bits per heavy atom. The van der Waals surface area contributed by atoms with Crippen molar-refractivity contribution in [2.24, 2.45) is 0 Å². The summed E-state index contributed by atoms with van der Waals surface area (Å²) in [5, 5.41) is 0. The molecule has 0 unspecified atom stereocenters. The van der Waals surface area contributed by atoms with Crippen LogP contribution in [0.15, 0.2) is 12.3 Å². The number of halogens is 1. The zero-order chi connectivity index (χ0) is 7.49. The number of alkyl halides is 1. The molecule has 0 amide bonds. The molecule has 0 saturated heterocycles. The standard InChI is InChI=1S/C3H6ClO4P/c1-3(2-4)8-9(5,6)7/h1-2H2,(H2,5,6,7). The predicted molar refractivity (Wildman–Crippen MR) is 33.0 cm³/mol. The number of phosphoric ester groups is 1. The van der Waals surface area contributed by atoms with Crippen LogP contribution in [-0.2, 0) is 9.09 Å². The van der Waals surface area contributed by atoms with Gasteiger partial charge in [-0.3, -0.25) is 9.79 Å². The largest absolute Gasteiger partial charge is 0.524 e. The van der Waals surface area contributed by atoms with Gasteiger partial charge in [0.25, 0.3) is 0 Å². The lowest BCUT2D eigenvalue weighted by Gasteiger charge is -2.05. The van der Waals surface area contributed by atoms with Crippen molar-refractivity contribution in [3.05, 3.63) is 12.3 Å². The second kappa shape index (κ2) is 3.22. The number of allylic oxidation sites excluding steroid dienone is 1. The Morgan fingerprint density at radius 3 is 2.33 bits per heavy atom. The van der Waals surface area contributed by atoms with Crippen LogP contribution in [0.4, 0.5) is 0 Å². The van der Waals surface area contributed by atoms with E-state index < -0.39 is 7.82 Å². The third-order valence-electron chi connectivity index (χ3n) is 0.397. The van der Waals surface area contributed by atoms with Gasteiger partial charge in [-0.1, -0.05) is 6.58 Å². The fraction of sp³-hybridized carbons (Fsp3) is 0.333. The zero-order valence-electron chi connectivity index (χ0n) is 4.45. The number of hydrogen-bond acceptors (Lipinski definition) is 2. The molecule has 9 heavy (non-hydrogen) atoms. The molecule has 0 aliphatic rings. The molecule has 0 radical (unpaired) electrons. The highest BCUT2D eigenvalue weighted by Gasteiger charge is 2.15. The van der Waals surface area contributed by atoms with Gasteiger partial charge < -0.3 is 4.52 Å². The van der Waals surface area contributed by atoms with Crippen LogP contribution in [-0.4, -0.2) is 15.7 Å². The van der Waals surface area contributed by atoms with Crippen LogP contribution in [0.25, 0.3) is 0 Å². The van der Waals surface area contributed by atoms with Gasteiger partial charge >= 0.3 is 7.82 Å². The van der Waals surface area contributed by atoms with Crippen molar-refractivity contribution in [3.63, 3.8) is 0 Å². The first kappa shape index (κ1) is 8.98. The first-order valence-corrected chi connectivity index (χ1v) is 4.01. The van der Waals surface area contributed by atoms with E-state index in [9.17, 15) is 4.57 Å². The minimum Gasteiger partial charge on any atom is -0.408 e. The van der Waals surface area contributed by atoms with Crippen LogP contribution >= 0.6 is 19.4 Å². The molecule has 4 nitrogen and oxygen atoms in total. The molecule has 0 spiro atoms. The van der Waals surface area contributed by atoms with Gasteiger partial charge in [-0.2, -0.15) is 0 Å². The van der Waals surface area contributed by atoms with Crippen molar-refractivity contribution < 1.29 is 18.9 Å². The van der Waals surface area contributed by atoms with E-state index >= 15 is 0 Å². The molecule has 0 aromatic carbocycles. The van der Waals surface area contributed by atoms with E-state index in [4.69, 9.17) is 21.4 Å². The summed E-state index contributed by atoms with van der Waals surface area (Å²) in [4.78, 5) is 16.2. The summed E-state index contributed by atoms with van der Waals surface area (Å²) in [6.07, 6.45) is 0. The van der Waals surface area contributed by atoms with Crippen LogP contribution in [0.3, 0.4) is 0 Å². The van der Waals surface area contributed by atoms with Crippen molar-refractivity contribution >= 4 is 19.4 Å². The number of rotatable bonds is 3. The first-order chi connectivity index (χ1) is 3.95. The molecule has 0 aliphatic carbocycles. The molecule has 2 N–H and O–H groups in total. The third kappa shape index (κ3) is 5.86. The van der Waals surface area contributed by atoms with E-state index in [-0.39, 0.29) is 11.6 Å². The Labute approximate surface area is 57.3 Å². The van der Waals surface area contributed by atoms with Gasteiger partial charge in [-0.25, -0.2) is 4.57 Å². The van der Waals surface area contributed by atoms with Crippen molar-refractivity contribution in [2.75, 3.05) is 5.88 Å². The van der Waals surface area contributed by atoms with Gasteiger partial charge in [0, 0.05) is 0 Å². The molecule has 0 bridgehead atoms. The molecule has 0 fully saturated rings. The Hall–Kier alpha value is -0.0200. The third-order valence-corrected chi connectivity index (χ3v) is 1.19. The van der Waals surface area contributed by atoms with Gasteiger partial charge in [0.1, 0.15) is 5.76 Å². The molecular formula is C3H6ClO4P. The van der Waals surface area contributed by atoms with Crippen LogP contribution in [0.2, 0.25) is 0 Å². The van der Waals surface area contributed by atoms with Crippen LogP contribution in [0.1, 0.15) is 0 Å². The first-order valence-electron chi connectivity index (χ1n) is 1.94. The summed E-state index contributed by atoms with van der Waals surface area (Å²) in [5.74, 6) is -0.254. The quantitative estimate of drug-likeness (QED) is 0.376. The summed E-state index contributed by atoms with van der Waals surface area (Å²) in [5.41, 5.74) is 0. The van der Waals surface area contributed by atoms with E-state index in [0.717, 1.165) is 0 Å². The lowest BCUT2D eigenvalue weighted by atomic mass is 10.7.